The molecule has 0 atom stereocenters. The molecule has 0 unspecified atom stereocenters. The number of amides is 1. The van der Waals surface area contributed by atoms with Crippen LogP contribution in [0.2, 0.25) is 0 Å². The summed E-state index contributed by atoms with van der Waals surface area (Å²) in [5.41, 5.74) is 3.08. The summed E-state index contributed by atoms with van der Waals surface area (Å²) in [7, 11) is 0. The first-order chi connectivity index (χ1) is 14.6. The maximum atomic E-state index is 13.1. The fourth-order valence-corrected chi connectivity index (χ4v) is 3.18. The van der Waals surface area contributed by atoms with Gasteiger partial charge >= 0.3 is 0 Å². The molecule has 0 saturated heterocycles. The number of carbonyl (C=O) groups is 1. The molecule has 1 aromatic heterocycles. The fraction of sp³-hybridized carbons (Fsp3) is 0.304. The van der Waals surface area contributed by atoms with Crippen molar-refractivity contribution >= 4 is 11.7 Å². The largest absolute Gasteiger partial charge is 0.490 e. The lowest BCUT2D eigenvalue weighted by Gasteiger charge is -2.17. The fourth-order valence-electron chi connectivity index (χ4n) is 3.18. The maximum absolute atomic E-state index is 13.1. The quantitative estimate of drug-likeness (QED) is 0.528. The van der Waals surface area contributed by atoms with Crippen molar-refractivity contribution in [2.45, 2.75) is 27.7 Å². The smallest absolute Gasteiger partial charge is 0.257 e. The molecule has 0 aliphatic rings. The molecule has 3 aromatic rings. The number of aryl methyl sites for hydroxylation is 1. The molecule has 0 aliphatic heterocycles. The van der Waals surface area contributed by atoms with E-state index in [4.69, 9.17) is 14.2 Å². The summed E-state index contributed by atoms with van der Waals surface area (Å²) in [6.07, 6.45) is 0. The van der Waals surface area contributed by atoms with Gasteiger partial charge in [0.1, 0.15) is 0 Å². The predicted octanol–water partition coefficient (Wildman–Crippen LogP) is 4.83. The van der Waals surface area contributed by atoms with Crippen LogP contribution < -0.4 is 19.5 Å². The Balaban J connectivity index is 1.96. The zero-order chi connectivity index (χ0) is 21.5. The van der Waals surface area contributed by atoms with Gasteiger partial charge in [-0.25, -0.2) is 0 Å². The Labute approximate surface area is 176 Å². The van der Waals surface area contributed by atoms with E-state index >= 15 is 0 Å². The number of benzene rings is 2. The van der Waals surface area contributed by atoms with Gasteiger partial charge in [0, 0.05) is 16.8 Å². The number of nitrogens with one attached hydrogen (secondary N) is 2. The Hall–Kier alpha value is -3.48. The SMILES string of the molecule is CCOc1cc(C(=O)Nc2n[nH]c(C)c2-c2ccccc2)cc(OCC)c1OCC. The molecule has 1 amide bonds. The topological polar surface area (TPSA) is 85.5 Å². The molecule has 30 heavy (non-hydrogen) atoms. The first kappa shape index (κ1) is 21.2. The third-order valence-electron chi connectivity index (χ3n) is 4.41. The van der Waals surface area contributed by atoms with Crippen LogP contribution in [0, 0.1) is 6.92 Å². The van der Waals surface area contributed by atoms with Crippen LogP contribution in [-0.2, 0) is 0 Å². The molecular formula is C23H27N3O4. The van der Waals surface area contributed by atoms with Crippen molar-refractivity contribution in [1.29, 1.82) is 0 Å². The summed E-state index contributed by atoms with van der Waals surface area (Å²) in [5, 5.41) is 10.1. The van der Waals surface area contributed by atoms with Gasteiger partial charge in [-0.15, -0.1) is 0 Å². The molecule has 7 nitrogen and oxygen atoms in total. The van der Waals surface area contributed by atoms with E-state index in [1.54, 1.807) is 12.1 Å². The van der Waals surface area contributed by atoms with Gasteiger partial charge < -0.3 is 19.5 Å². The highest BCUT2D eigenvalue weighted by molar-refractivity contribution is 6.06. The molecule has 7 heteroatoms. The van der Waals surface area contributed by atoms with Crippen molar-refractivity contribution in [2.75, 3.05) is 25.1 Å². The van der Waals surface area contributed by atoms with Gasteiger partial charge in [-0.3, -0.25) is 9.89 Å². The van der Waals surface area contributed by atoms with Gasteiger partial charge in [0.25, 0.3) is 5.91 Å². The molecule has 158 valence electrons. The Morgan fingerprint density at radius 1 is 0.967 bits per heavy atom. The number of H-pyrrole nitrogens is 1. The number of nitrogens with zero attached hydrogens (tertiary/aromatic N) is 1. The number of aromatic amines is 1. The second-order valence-electron chi connectivity index (χ2n) is 6.49. The van der Waals surface area contributed by atoms with Gasteiger partial charge in [-0.2, -0.15) is 5.10 Å². The number of rotatable bonds is 9. The van der Waals surface area contributed by atoms with Gasteiger partial charge in [0.05, 0.1) is 19.8 Å². The van der Waals surface area contributed by atoms with E-state index in [2.05, 4.69) is 15.5 Å². The molecule has 2 N–H and O–H groups in total. The van der Waals surface area contributed by atoms with Crippen LogP contribution in [0.1, 0.15) is 36.8 Å². The Morgan fingerprint density at radius 2 is 1.57 bits per heavy atom. The minimum Gasteiger partial charge on any atom is -0.490 e. The van der Waals surface area contributed by atoms with E-state index in [-0.39, 0.29) is 5.91 Å². The molecule has 0 fully saturated rings. The van der Waals surface area contributed by atoms with E-state index in [9.17, 15) is 4.79 Å². The molecule has 0 saturated carbocycles. The van der Waals surface area contributed by atoms with Crippen LogP contribution in [0.3, 0.4) is 0 Å². The number of anilines is 1. The Kier molecular flexibility index (Phi) is 6.95. The summed E-state index contributed by atoms with van der Waals surface area (Å²) >= 11 is 0. The third-order valence-corrected chi connectivity index (χ3v) is 4.41. The van der Waals surface area contributed by atoms with Crippen LogP contribution in [0.4, 0.5) is 5.82 Å². The summed E-state index contributed by atoms with van der Waals surface area (Å²) in [5.74, 6) is 1.59. The predicted molar refractivity (Wildman–Crippen MR) is 117 cm³/mol. The summed E-state index contributed by atoms with van der Waals surface area (Å²) in [6, 6.07) is 13.1. The van der Waals surface area contributed by atoms with Gasteiger partial charge in [-0.1, -0.05) is 30.3 Å². The summed E-state index contributed by atoms with van der Waals surface area (Å²) in [4.78, 5) is 13.1. The molecule has 0 radical (unpaired) electrons. The van der Waals surface area contributed by atoms with E-state index in [0.29, 0.717) is 48.5 Å². The van der Waals surface area contributed by atoms with Crippen molar-refractivity contribution in [3.8, 4) is 28.4 Å². The monoisotopic (exact) mass is 409 g/mol. The molecular weight excluding hydrogens is 382 g/mol. The number of hydrogen-bond donors (Lipinski definition) is 2. The number of carbonyl (C=O) groups excluding carboxylic acids is 1. The third kappa shape index (κ3) is 4.56. The maximum Gasteiger partial charge on any atom is 0.257 e. The molecule has 2 aromatic carbocycles. The highest BCUT2D eigenvalue weighted by Gasteiger charge is 2.20. The number of aromatic nitrogens is 2. The van der Waals surface area contributed by atoms with E-state index in [1.807, 2.05) is 58.0 Å². The average molecular weight is 409 g/mol. The zero-order valence-corrected chi connectivity index (χ0v) is 17.7. The highest BCUT2D eigenvalue weighted by atomic mass is 16.5. The highest BCUT2D eigenvalue weighted by Crippen LogP contribution is 2.39. The summed E-state index contributed by atoms with van der Waals surface area (Å²) < 4.78 is 17.1. The Bertz CT molecular complexity index is 972. The van der Waals surface area contributed by atoms with Crippen molar-refractivity contribution in [3.05, 3.63) is 53.7 Å². The Morgan fingerprint density at radius 3 is 2.13 bits per heavy atom. The molecule has 3 rings (SSSR count). The van der Waals surface area contributed by atoms with Crippen LogP contribution in [-0.4, -0.2) is 35.9 Å². The van der Waals surface area contributed by atoms with Crippen LogP contribution in [0.5, 0.6) is 17.2 Å². The first-order valence-corrected chi connectivity index (χ1v) is 10.1. The second-order valence-corrected chi connectivity index (χ2v) is 6.49. The first-order valence-electron chi connectivity index (χ1n) is 10.1. The summed E-state index contributed by atoms with van der Waals surface area (Å²) in [6.45, 7) is 8.89. The minimum absolute atomic E-state index is 0.316. The van der Waals surface area contributed by atoms with E-state index in [1.165, 1.54) is 0 Å². The van der Waals surface area contributed by atoms with Crippen LogP contribution >= 0.6 is 0 Å². The van der Waals surface area contributed by atoms with Gasteiger partial charge in [0.15, 0.2) is 17.3 Å². The van der Waals surface area contributed by atoms with E-state index < -0.39 is 0 Å². The van der Waals surface area contributed by atoms with Gasteiger partial charge in [0.2, 0.25) is 5.75 Å². The lowest BCUT2D eigenvalue weighted by Crippen LogP contribution is -2.14. The van der Waals surface area contributed by atoms with Crippen molar-refractivity contribution in [3.63, 3.8) is 0 Å². The van der Waals surface area contributed by atoms with Gasteiger partial charge in [-0.05, 0) is 45.4 Å². The number of hydrogen-bond acceptors (Lipinski definition) is 5. The van der Waals surface area contributed by atoms with E-state index in [0.717, 1.165) is 16.8 Å². The van der Waals surface area contributed by atoms with Crippen molar-refractivity contribution in [2.24, 2.45) is 0 Å². The van der Waals surface area contributed by atoms with Crippen molar-refractivity contribution < 1.29 is 19.0 Å². The van der Waals surface area contributed by atoms with Crippen molar-refractivity contribution in [1.82, 2.24) is 10.2 Å². The molecule has 1 heterocycles. The molecule has 0 bridgehead atoms. The minimum atomic E-state index is -0.316. The average Bonchev–Trinajstić information content (AvgIpc) is 3.11. The normalized spacial score (nSPS) is 10.5. The second kappa shape index (κ2) is 9.82. The van der Waals surface area contributed by atoms with Crippen LogP contribution in [0.15, 0.2) is 42.5 Å². The number of ether oxygens (including phenoxy) is 3. The van der Waals surface area contributed by atoms with Crippen LogP contribution in [0.25, 0.3) is 11.1 Å². The molecule has 0 aliphatic carbocycles. The lowest BCUT2D eigenvalue weighted by molar-refractivity contribution is 0.102. The zero-order valence-electron chi connectivity index (χ0n) is 17.7. The standard InChI is InChI=1S/C23H27N3O4/c1-5-28-18-13-17(14-19(29-6-2)21(18)30-7-3)23(27)24-22-20(15(4)25-26-22)16-11-9-8-10-12-16/h8-14H,5-7H2,1-4H3,(H2,24,25,26,27). The lowest BCUT2D eigenvalue weighted by atomic mass is 10.1. The molecule has 0 spiro atoms.